The van der Waals surface area contributed by atoms with E-state index in [1.165, 1.54) is 37.4 Å². The lowest BCUT2D eigenvalue weighted by molar-refractivity contribution is -0.384. The molecule has 3 rings (SSSR count). The van der Waals surface area contributed by atoms with Crippen LogP contribution in [0.15, 0.2) is 47.4 Å². The van der Waals surface area contributed by atoms with Gasteiger partial charge in [0.05, 0.1) is 16.9 Å². The van der Waals surface area contributed by atoms with E-state index in [1.54, 1.807) is 18.2 Å². The number of thiocarbonyl (C=S) groups is 1. The van der Waals surface area contributed by atoms with E-state index in [4.69, 9.17) is 17.0 Å². The Kier molecular flexibility index (Phi) is 5.80. The maximum atomic E-state index is 12.6. The number of rotatable bonds is 5. The van der Waals surface area contributed by atoms with Gasteiger partial charge < -0.3 is 9.84 Å². The minimum Gasteiger partial charge on any atom is -0.504 e. The zero-order chi connectivity index (χ0) is 21.1. The lowest BCUT2D eigenvalue weighted by Crippen LogP contribution is -2.44. The van der Waals surface area contributed by atoms with Crippen LogP contribution in [0.3, 0.4) is 0 Å². The van der Waals surface area contributed by atoms with Gasteiger partial charge in [-0.2, -0.15) is 5.01 Å². The van der Waals surface area contributed by atoms with Gasteiger partial charge in [0.2, 0.25) is 0 Å². The third kappa shape index (κ3) is 4.36. The van der Waals surface area contributed by atoms with Crippen LogP contribution in [0.5, 0.6) is 11.5 Å². The molecular weight excluding hydrogens is 418 g/mol. The van der Waals surface area contributed by atoms with Gasteiger partial charge in [-0.25, -0.2) is 0 Å². The first-order chi connectivity index (χ1) is 13.8. The molecule has 148 valence electrons. The van der Waals surface area contributed by atoms with Crippen molar-refractivity contribution >= 4 is 51.9 Å². The van der Waals surface area contributed by atoms with Gasteiger partial charge in [-0.05, 0) is 48.1 Å². The molecule has 0 aliphatic carbocycles. The Balaban J connectivity index is 1.76. The minimum atomic E-state index is -0.635. The summed E-state index contributed by atoms with van der Waals surface area (Å²) < 4.78 is 5.16. The van der Waals surface area contributed by atoms with Crippen LogP contribution in [0.2, 0.25) is 0 Å². The molecule has 11 heteroatoms. The summed E-state index contributed by atoms with van der Waals surface area (Å²) in [6.45, 7) is 0. The number of nitrogens with zero attached hydrogens (tertiary/aromatic N) is 2. The summed E-state index contributed by atoms with van der Waals surface area (Å²) in [7, 11) is 1.41. The number of non-ortho nitro benzene ring substituents is 1. The van der Waals surface area contributed by atoms with Crippen LogP contribution in [-0.2, 0) is 4.79 Å². The summed E-state index contributed by atoms with van der Waals surface area (Å²) in [6, 6.07) is 9.53. The predicted molar refractivity (Wildman–Crippen MR) is 110 cm³/mol. The van der Waals surface area contributed by atoms with E-state index in [1.807, 2.05) is 0 Å². The zero-order valence-electron chi connectivity index (χ0n) is 14.8. The van der Waals surface area contributed by atoms with Crippen LogP contribution in [0.25, 0.3) is 6.08 Å². The van der Waals surface area contributed by atoms with Crippen LogP contribution >= 0.6 is 24.0 Å². The van der Waals surface area contributed by atoms with E-state index in [2.05, 4.69) is 5.43 Å². The van der Waals surface area contributed by atoms with E-state index >= 15 is 0 Å². The highest BCUT2D eigenvalue weighted by Gasteiger charge is 2.33. The molecule has 0 atom stereocenters. The molecule has 0 saturated carbocycles. The molecular formula is C18H13N3O6S2. The average Bonchev–Trinajstić information content (AvgIpc) is 2.96. The molecule has 0 radical (unpaired) electrons. The number of nitro groups is 1. The number of methoxy groups -OCH3 is 1. The second-order valence-corrected chi connectivity index (χ2v) is 7.37. The van der Waals surface area contributed by atoms with E-state index in [0.29, 0.717) is 5.56 Å². The topological polar surface area (TPSA) is 122 Å². The summed E-state index contributed by atoms with van der Waals surface area (Å²) in [4.78, 5) is 35.4. The molecule has 1 fully saturated rings. The van der Waals surface area contributed by atoms with Crippen LogP contribution in [0, 0.1) is 10.1 Å². The Labute approximate surface area is 174 Å². The third-order valence-electron chi connectivity index (χ3n) is 3.85. The Morgan fingerprint density at radius 3 is 2.62 bits per heavy atom. The summed E-state index contributed by atoms with van der Waals surface area (Å²) in [5.74, 6) is -0.945. The minimum absolute atomic E-state index is 0.0347. The number of carbonyl (C=O) groups is 2. The molecule has 2 aromatic carbocycles. The Bertz CT molecular complexity index is 1050. The Morgan fingerprint density at radius 2 is 2.00 bits per heavy atom. The molecule has 2 amide bonds. The van der Waals surface area contributed by atoms with Gasteiger partial charge in [-0.1, -0.05) is 17.8 Å². The number of benzene rings is 2. The maximum Gasteiger partial charge on any atom is 0.285 e. The van der Waals surface area contributed by atoms with Crippen molar-refractivity contribution in [3.63, 3.8) is 0 Å². The van der Waals surface area contributed by atoms with Crippen molar-refractivity contribution in [1.29, 1.82) is 0 Å². The van der Waals surface area contributed by atoms with Crippen molar-refractivity contribution in [2.45, 2.75) is 0 Å². The first-order valence-electron chi connectivity index (χ1n) is 8.00. The van der Waals surface area contributed by atoms with E-state index in [-0.39, 0.29) is 32.0 Å². The smallest absolute Gasteiger partial charge is 0.285 e. The largest absolute Gasteiger partial charge is 0.504 e. The highest BCUT2D eigenvalue weighted by molar-refractivity contribution is 8.26. The first-order valence-corrected chi connectivity index (χ1v) is 9.23. The van der Waals surface area contributed by atoms with Crippen molar-refractivity contribution in [3.05, 3.63) is 68.6 Å². The summed E-state index contributed by atoms with van der Waals surface area (Å²) in [5.41, 5.74) is 2.98. The number of hydrazine groups is 1. The molecule has 29 heavy (non-hydrogen) atoms. The number of phenols is 1. The zero-order valence-corrected chi connectivity index (χ0v) is 16.5. The van der Waals surface area contributed by atoms with Crippen LogP contribution < -0.4 is 10.2 Å². The van der Waals surface area contributed by atoms with Crippen LogP contribution in [0.1, 0.15) is 15.9 Å². The second kappa shape index (κ2) is 8.29. The maximum absolute atomic E-state index is 12.6. The van der Waals surface area contributed by atoms with E-state index in [0.717, 1.165) is 16.8 Å². The lowest BCUT2D eigenvalue weighted by atomic mass is 10.2. The molecule has 1 heterocycles. The van der Waals surface area contributed by atoms with Gasteiger partial charge in [0.15, 0.2) is 15.8 Å². The van der Waals surface area contributed by atoms with Crippen molar-refractivity contribution < 1.29 is 24.4 Å². The van der Waals surface area contributed by atoms with Crippen LogP contribution in [0.4, 0.5) is 5.69 Å². The summed E-state index contributed by atoms with van der Waals surface area (Å²) in [6.07, 6.45) is 1.55. The standard InChI is InChI=1S/C18H13N3O6S2/c1-27-14-8-10(2-7-13(14)22)9-15-17(24)20(18(28)29-15)19-16(23)11-3-5-12(6-4-11)21(25)26/h2-9,22H,1H3,(H,19,23)/b15-9+. The van der Waals surface area contributed by atoms with Gasteiger partial charge >= 0.3 is 0 Å². The van der Waals surface area contributed by atoms with Crippen LogP contribution in [-0.4, -0.2) is 38.3 Å². The molecule has 2 aromatic rings. The number of nitrogens with one attached hydrogen (secondary N) is 1. The molecule has 0 spiro atoms. The fourth-order valence-electron chi connectivity index (χ4n) is 2.40. The van der Waals surface area contributed by atoms with Gasteiger partial charge in [0.25, 0.3) is 17.5 Å². The number of hydrogen-bond acceptors (Lipinski definition) is 8. The van der Waals surface area contributed by atoms with Gasteiger partial charge in [0, 0.05) is 17.7 Å². The van der Waals surface area contributed by atoms with Crippen molar-refractivity contribution in [3.8, 4) is 11.5 Å². The fourth-order valence-corrected chi connectivity index (χ4v) is 3.58. The molecule has 2 N–H and O–H groups in total. The number of nitro benzene ring substituents is 1. The molecule has 1 aliphatic heterocycles. The second-order valence-electron chi connectivity index (χ2n) is 5.69. The van der Waals surface area contributed by atoms with E-state index in [9.17, 15) is 24.8 Å². The first kappa shape index (κ1) is 20.3. The molecule has 0 unspecified atom stereocenters. The molecule has 0 bridgehead atoms. The highest BCUT2D eigenvalue weighted by atomic mass is 32.2. The molecule has 1 aliphatic rings. The summed E-state index contributed by atoms with van der Waals surface area (Å²) in [5, 5.41) is 21.3. The SMILES string of the molecule is COc1cc(/C=C2/SC(=S)N(NC(=O)c3ccc([N+](=O)[O-])cc3)C2=O)ccc1O. The van der Waals surface area contributed by atoms with Gasteiger partial charge in [-0.3, -0.25) is 25.1 Å². The van der Waals surface area contributed by atoms with E-state index < -0.39 is 16.7 Å². The van der Waals surface area contributed by atoms with Crippen molar-refractivity contribution in [2.24, 2.45) is 0 Å². The van der Waals surface area contributed by atoms with Gasteiger partial charge in [0.1, 0.15) is 0 Å². The van der Waals surface area contributed by atoms with Gasteiger partial charge in [-0.15, -0.1) is 0 Å². The third-order valence-corrected chi connectivity index (χ3v) is 5.15. The molecule has 1 saturated heterocycles. The molecule has 9 nitrogen and oxygen atoms in total. The Hall–Kier alpha value is -3.44. The quantitative estimate of drug-likeness (QED) is 0.321. The normalized spacial score (nSPS) is 14.9. The number of ether oxygens (including phenoxy) is 1. The average molecular weight is 431 g/mol. The lowest BCUT2D eigenvalue weighted by Gasteiger charge is -2.15. The number of phenolic OH excluding ortho intramolecular Hbond substituents is 1. The Morgan fingerprint density at radius 1 is 1.31 bits per heavy atom. The number of carbonyl (C=O) groups excluding carboxylic acids is 2. The highest BCUT2D eigenvalue weighted by Crippen LogP contribution is 2.33. The predicted octanol–water partition coefficient (Wildman–Crippen LogP) is 2.86. The summed E-state index contributed by atoms with van der Waals surface area (Å²) >= 11 is 6.16. The number of amides is 2. The van der Waals surface area contributed by atoms with Crippen molar-refractivity contribution in [2.75, 3.05) is 7.11 Å². The van der Waals surface area contributed by atoms with Crippen molar-refractivity contribution in [1.82, 2.24) is 10.4 Å². The monoisotopic (exact) mass is 431 g/mol. The molecule has 0 aromatic heterocycles. The number of aromatic hydroxyl groups is 1. The fraction of sp³-hybridized carbons (Fsp3) is 0.0556. The number of hydrogen-bond donors (Lipinski definition) is 2. The number of thioether (sulfide) groups is 1.